The largest absolute Gasteiger partial charge is 0.309 e. The summed E-state index contributed by atoms with van der Waals surface area (Å²) in [6, 6.07) is 72.0. The Kier molecular flexibility index (Phi) is 5.92. The van der Waals surface area contributed by atoms with E-state index in [9.17, 15) is 0 Å². The highest BCUT2D eigenvalue weighted by molar-refractivity contribution is 6.26. The number of hydrogen-bond acceptors (Lipinski definition) is 0. The van der Waals surface area contributed by atoms with Crippen LogP contribution in [0.3, 0.4) is 0 Å². The highest BCUT2D eigenvalue weighted by Gasteiger charge is 2.22. The molecule has 0 spiro atoms. The summed E-state index contributed by atoms with van der Waals surface area (Å²) in [5.41, 5.74) is 15.0. The molecule has 2 nitrogen and oxygen atoms in total. The Bertz CT molecular complexity index is 3630. The smallest absolute Gasteiger partial charge is 0.0619 e. The van der Waals surface area contributed by atoms with Gasteiger partial charge in [-0.2, -0.15) is 0 Å². The average molecular weight is 709 g/mol. The second kappa shape index (κ2) is 11.1. The molecule has 0 saturated heterocycles. The van der Waals surface area contributed by atoms with E-state index in [0.29, 0.717) is 0 Å². The van der Waals surface area contributed by atoms with Gasteiger partial charge in [0.1, 0.15) is 0 Å². The number of aromatic nitrogens is 2. The summed E-state index contributed by atoms with van der Waals surface area (Å²) in [7, 11) is 0. The topological polar surface area (TPSA) is 9.86 Å². The Morgan fingerprint density at radius 1 is 0.268 bits per heavy atom. The zero-order valence-electron chi connectivity index (χ0n) is 30.4. The minimum Gasteiger partial charge on any atom is -0.309 e. The average Bonchev–Trinajstić information content (AvgIpc) is 3.90. The van der Waals surface area contributed by atoms with Crippen LogP contribution in [0, 0.1) is 0 Å². The van der Waals surface area contributed by atoms with Crippen LogP contribution in [0.25, 0.3) is 121 Å². The Morgan fingerprint density at radius 3 is 1.75 bits per heavy atom. The van der Waals surface area contributed by atoms with Crippen LogP contribution < -0.4 is 0 Å². The van der Waals surface area contributed by atoms with Crippen molar-refractivity contribution in [3.05, 3.63) is 194 Å². The fraction of sp³-hybridized carbons (Fsp3) is 0. The molecule has 1 aliphatic carbocycles. The lowest BCUT2D eigenvalue weighted by Gasteiger charge is -2.12. The first kappa shape index (κ1) is 30.0. The SMILES string of the molecule is c1ccc2c(c1)-c1cccc3cc(-c4ccc(-n5c6ccccc6c6cc(-n7c8ccc9ccccc9c8c8ccc9ccccc9c87)ccc65)cc4)cc-2c13. The summed E-state index contributed by atoms with van der Waals surface area (Å²) in [5, 5.41) is 12.8. The number of nitrogens with zero attached hydrogens (tertiary/aromatic N) is 2. The maximum atomic E-state index is 2.50. The van der Waals surface area contributed by atoms with E-state index in [1.165, 1.54) is 109 Å². The van der Waals surface area contributed by atoms with Crippen molar-refractivity contribution >= 4 is 75.9 Å². The second-order valence-electron chi connectivity index (χ2n) is 15.3. The Balaban J connectivity index is 0.997. The third kappa shape index (κ3) is 4.00. The first-order valence-corrected chi connectivity index (χ1v) is 19.4. The van der Waals surface area contributed by atoms with Crippen LogP contribution in [0.1, 0.15) is 0 Å². The third-order valence-corrected chi connectivity index (χ3v) is 12.4. The van der Waals surface area contributed by atoms with Crippen molar-refractivity contribution in [1.29, 1.82) is 0 Å². The Morgan fingerprint density at radius 2 is 0.893 bits per heavy atom. The van der Waals surface area contributed by atoms with Crippen molar-refractivity contribution in [2.24, 2.45) is 0 Å². The second-order valence-corrected chi connectivity index (χ2v) is 15.3. The maximum absolute atomic E-state index is 2.50. The third-order valence-electron chi connectivity index (χ3n) is 12.4. The number of para-hydroxylation sites is 1. The molecule has 0 radical (unpaired) electrons. The van der Waals surface area contributed by atoms with E-state index >= 15 is 0 Å². The highest BCUT2D eigenvalue weighted by atomic mass is 15.0. The molecule has 2 heterocycles. The van der Waals surface area contributed by atoms with Crippen molar-refractivity contribution in [3.63, 3.8) is 0 Å². The molecule has 10 aromatic carbocycles. The van der Waals surface area contributed by atoms with Crippen molar-refractivity contribution < 1.29 is 0 Å². The molecule has 0 unspecified atom stereocenters. The van der Waals surface area contributed by atoms with Gasteiger partial charge in [-0.05, 0) is 115 Å². The maximum Gasteiger partial charge on any atom is 0.0619 e. The molecule has 0 fully saturated rings. The predicted octanol–water partition coefficient (Wildman–Crippen LogP) is 14.7. The molecule has 12 aromatic rings. The monoisotopic (exact) mass is 708 g/mol. The summed E-state index contributed by atoms with van der Waals surface area (Å²) in [6.07, 6.45) is 0. The van der Waals surface area contributed by atoms with Gasteiger partial charge in [0, 0.05) is 38.3 Å². The van der Waals surface area contributed by atoms with Gasteiger partial charge in [-0.25, -0.2) is 0 Å². The zero-order chi connectivity index (χ0) is 36.5. The summed E-state index contributed by atoms with van der Waals surface area (Å²) < 4.78 is 4.92. The molecular weight excluding hydrogens is 677 g/mol. The van der Waals surface area contributed by atoms with Crippen LogP contribution in [0.4, 0.5) is 0 Å². The first-order valence-electron chi connectivity index (χ1n) is 19.4. The van der Waals surface area contributed by atoms with E-state index in [0.717, 1.165) is 11.4 Å². The number of rotatable bonds is 3. The zero-order valence-corrected chi connectivity index (χ0v) is 30.4. The van der Waals surface area contributed by atoms with Gasteiger partial charge in [-0.1, -0.05) is 140 Å². The molecule has 56 heavy (non-hydrogen) atoms. The predicted molar refractivity (Wildman–Crippen MR) is 238 cm³/mol. The minimum absolute atomic E-state index is 1.15. The molecule has 0 atom stereocenters. The molecule has 0 N–H and O–H groups in total. The van der Waals surface area contributed by atoms with Crippen LogP contribution in [-0.4, -0.2) is 9.13 Å². The number of benzene rings is 10. The van der Waals surface area contributed by atoms with Crippen LogP contribution in [0.2, 0.25) is 0 Å². The Labute approximate surface area is 322 Å². The lowest BCUT2D eigenvalue weighted by atomic mass is 9.96. The van der Waals surface area contributed by atoms with Gasteiger partial charge in [0.2, 0.25) is 0 Å². The Hall–Kier alpha value is -7.42. The van der Waals surface area contributed by atoms with Gasteiger partial charge in [-0.15, -0.1) is 0 Å². The summed E-state index contributed by atoms with van der Waals surface area (Å²) >= 11 is 0. The molecule has 1 aliphatic rings. The molecule has 0 amide bonds. The van der Waals surface area contributed by atoms with E-state index in [4.69, 9.17) is 0 Å². The van der Waals surface area contributed by atoms with E-state index in [1.807, 2.05) is 0 Å². The lowest BCUT2D eigenvalue weighted by molar-refractivity contribution is 1.17. The van der Waals surface area contributed by atoms with Gasteiger partial charge >= 0.3 is 0 Å². The molecule has 2 aromatic heterocycles. The van der Waals surface area contributed by atoms with Crippen LogP contribution in [-0.2, 0) is 0 Å². The number of fused-ring (bicyclic) bond motifs is 13. The summed E-state index contributed by atoms with van der Waals surface area (Å²) in [5.74, 6) is 0. The molecule has 0 aliphatic heterocycles. The van der Waals surface area contributed by atoms with Crippen molar-refractivity contribution in [3.8, 4) is 44.8 Å². The fourth-order valence-electron chi connectivity index (χ4n) is 9.98. The van der Waals surface area contributed by atoms with Gasteiger partial charge in [0.05, 0.1) is 22.1 Å². The molecule has 0 bridgehead atoms. The quantitative estimate of drug-likeness (QED) is 0.173. The molecule has 0 saturated carbocycles. The normalized spacial score (nSPS) is 12.3. The lowest BCUT2D eigenvalue weighted by Crippen LogP contribution is -1.96. The van der Waals surface area contributed by atoms with E-state index < -0.39 is 0 Å². The molecule has 2 heteroatoms. The van der Waals surface area contributed by atoms with Gasteiger partial charge in [0.15, 0.2) is 0 Å². The van der Waals surface area contributed by atoms with E-state index in [1.54, 1.807) is 0 Å². The van der Waals surface area contributed by atoms with Crippen molar-refractivity contribution in [2.75, 3.05) is 0 Å². The highest BCUT2D eigenvalue weighted by Crippen LogP contribution is 2.49. The van der Waals surface area contributed by atoms with E-state index in [-0.39, 0.29) is 0 Å². The van der Waals surface area contributed by atoms with Crippen LogP contribution in [0.15, 0.2) is 194 Å². The van der Waals surface area contributed by atoms with Crippen LogP contribution in [0.5, 0.6) is 0 Å². The van der Waals surface area contributed by atoms with Gasteiger partial charge < -0.3 is 9.13 Å². The van der Waals surface area contributed by atoms with Gasteiger partial charge in [0.25, 0.3) is 0 Å². The number of hydrogen-bond donors (Lipinski definition) is 0. The molecular formula is C54H32N2. The summed E-state index contributed by atoms with van der Waals surface area (Å²) in [6.45, 7) is 0. The fourth-order valence-corrected chi connectivity index (χ4v) is 9.98. The first-order chi connectivity index (χ1) is 27.8. The molecule has 258 valence electrons. The molecule has 13 rings (SSSR count). The van der Waals surface area contributed by atoms with Crippen molar-refractivity contribution in [1.82, 2.24) is 9.13 Å². The van der Waals surface area contributed by atoms with Gasteiger partial charge in [-0.3, -0.25) is 0 Å². The minimum atomic E-state index is 1.15. The van der Waals surface area contributed by atoms with Crippen LogP contribution >= 0.6 is 0 Å². The van der Waals surface area contributed by atoms with Crippen molar-refractivity contribution in [2.45, 2.75) is 0 Å². The summed E-state index contributed by atoms with van der Waals surface area (Å²) in [4.78, 5) is 0. The van der Waals surface area contributed by atoms with E-state index in [2.05, 4.69) is 203 Å². The standard InChI is InChI=1S/C54H32N2/c1-3-13-40-34(10-1)23-28-51-53(40)46-27-22-35-11-2-4-14-41(35)54(46)56(51)39-26-29-50-47(32-39)44-17-7-8-19-49(44)55(50)38-24-20-33(21-25-38)37-30-36-12-9-18-45-42-15-5-6-16-43(42)48(31-37)52(36)45/h1-32H.